The number of anilines is 3. The molecule has 1 aromatic carbocycles. The quantitative estimate of drug-likeness (QED) is 0.587. The van der Waals surface area contributed by atoms with Crippen molar-refractivity contribution in [3.05, 3.63) is 46.4 Å². The molecule has 1 saturated heterocycles. The monoisotopic (exact) mass is 427 g/mol. The summed E-state index contributed by atoms with van der Waals surface area (Å²) in [6.45, 7) is 1.73. The van der Waals surface area contributed by atoms with E-state index in [1.54, 1.807) is 35.4 Å². The molecule has 0 radical (unpaired) electrons. The van der Waals surface area contributed by atoms with E-state index in [1.807, 2.05) is 6.07 Å². The maximum atomic E-state index is 13.0. The number of benzene rings is 1. The standard InChI is InChI=1S/C20H18ClN5O2S/c21-11-3-1-5-13(9-11)26-14-6-8-23-19-15(14)16(25-20(26)28)17(29-19)18(27)24-12-4-2-7-22-10-12/h1,3,5-6,8-9,12,22H,2,4,7,10H2,(H,24,27)(H,25,28). The zero-order valence-electron chi connectivity index (χ0n) is 15.4. The maximum absolute atomic E-state index is 13.0. The molecule has 2 aromatic heterocycles. The molecule has 2 aliphatic rings. The van der Waals surface area contributed by atoms with Crippen LogP contribution in [0.5, 0.6) is 0 Å². The lowest BCUT2D eigenvalue weighted by Crippen LogP contribution is -2.45. The summed E-state index contributed by atoms with van der Waals surface area (Å²) in [7, 11) is 0. The Morgan fingerprint density at radius 2 is 2.24 bits per heavy atom. The molecule has 148 valence electrons. The van der Waals surface area contributed by atoms with Crippen molar-refractivity contribution in [2.45, 2.75) is 18.9 Å². The molecule has 9 heteroatoms. The van der Waals surface area contributed by atoms with E-state index in [-0.39, 0.29) is 18.0 Å². The van der Waals surface area contributed by atoms with Crippen LogP contribution < -0.4 is 20.9 Å². The number of nitrogens with one attached hydrogen (secondary N) is 3. The van der Waals surface area contributed by atoms with Crippen LogP contribution >= 0.6 is 22.9 Å². The SMILES string of the molecule is O=C(NC1CCCNC1)c1sc2nccc3c2c1NC(=O)N3c1cccc(Cl)c1. The van der Waals surface area contributed by atoms with Crippen LogP contribution in [0.2, 0.25) is 5.02 Å². The van der Waals surface area contributed by atoms with Gasteiger partial charge in [0.1, 0.15) is 9.71 Å². The summed E-state index contributed by atoms with van der Waals surface area (Å²) >= 11 is 7.42. The highest BCUT2D eigenvalue weighted by Crippen LogP contribution is 2.45. The molecule has 3 N–H and O–H groups in total. The van der Waals surface area contributed by atoms with E-state index in [1.165, 1.54) is 11.3 Å². The fourth-order valence-corrected chi connectivity index (χ4v) is 5.05. The first-order valence-corrected chi connectivity index (χ1v) is 10.6. The minimum absolute atomic E-state index is 0.0864. The van der Waals surface area contributed by atoms with Gasteiger partial charge in [-0.25, -0.2) is 9.78 Å². The number of hydrogen-bond donors (Lipinski definition) is 3. The van der Waals surface area contributed by atoms with Crippen molar-refractivity contribution in [3.63, 3.8) is 0 Å². The van der Waals surface area contributed by atoms with Gasteiger partial charge in [-0.1, -0.05) is 17.7 Å². The van der Waals surface area contributed by atoms with Gasteiger partial charge in [-0.05, 0) is 43.7 Å². The van der Waals surface area contributed by atoms with E-state index >= 15 is 0 Å². The molecule has 7 nitrogen and oxygen atoms in total. The first kappa shape index (κ1) is 18.4. The number of urea groups is 1. The van der Waals surface area contributed by atoms with Gasteiger partial charge in [-0.3, -0.25) is 9.69 Å². The lowest BCUT2D eigenvalue weighted by molar-refractivity contribution is 0.0935. The van der Waals surface area contributed by atoms with Crippen molar-refractivity contribution in [3.8, 4) is 0 Å². The third-order valence-corrected chi connectivity index (χ3v) is 6.48. The van der Waals surface area contributed by atoms with Crippen molar-refractivity contribution in [2.75, 3.05) is 23.3 Å². The van der Waals surface area contributed by atoms with E-state index in [2.05, 4.69) is 20.9 Å². The summed E-state index contributed by atoms with van der Waals surface area (Å²) in [6, 6.07) is 8.64. The molecule has 1 fully saturated rings. The average Bonchev–Trinajstić information content (AvgIpc) is 3.09. The first-order chi connectivity index (χ1) is 14.1. The number of thiophene rings is 1. The number of piperidine rings is 1. The largest absolute Gasteiger partial charge is 0.347 e. The molecule has 4 heterocycles. The average molecular weight is 428 g/mol. The second kappa shape index (κ2) is 7.29. The summed E-state index contributed by atoms with van der Waals surface area (Å²) in [5, 5.41) is 10.6. The van der Waals surface area contributed by atoms with E-state index in [4.69, 9.17) is 11.6 Å². The minimum atomic E-state index is -0.334. The van der Waals surface area contributed by atoms with Crippen LogP contribution in [0.25, 0.3) is 10.2 Å². The fraction of sp³-hybridized carbons (Fsp3) is 0.250. The molecular weight excluding hydrogens is 410 g/mol. The predicted octanol–water partition coefficient (Wildman–Crippen LogP) is 4.12. The Morgan fingerprint density at radius 1 is 1.34 bits per heavy atom. The van der Waals surface area contributed by atoms with E-state index in [0.717, 1.165) is 31.3 Å². The topological polar surface area (TPSA) is 86.4 Å². The third kappa shape index (κ3) is 3.23. The van der Waals surface area contributed by atoms with Crippen LogP contribution in [0.15, 0.2) is 36.5 Å². The molecule has 5 rings (SSSR count). The van der Waals surface area contributed by atoms with Gasteiger partial charge in [0.15, 0.2) is 0 Å². The highest BCUT2D eigenvalue weighted by molar-refractivity contribution is 7.21. The van der Waals surface area contributed by atoms with Crippen molar-refractivity contribution in [1.29, 1.82) is 0 Å². The third-order valence-electron chi connectivity index (χ3n) is 5.15. The zero-order chi connectivity index (χ0) is 20.0. The number of aromatic nitrogens is 1. The molecule has 2 aliphatic heterocycles. The molecule has 0 saturated carbocycles. The number of amides is 3. The Balaban J connectivity index is 1.57. The van der Waals surface area contributed by atoms with E-state index in [9.17, 15) is 9.59 Å². The summed E-state index contributed by atoms with van der Waals surface area (Å²) < 4.78 is 0. The first-order valence-electron chi connectivity index (χ1n) is 9.41. The van der Waals surface area contributed by atoms with Gasteiger partial charge >= 0.3 is 6.03 Å². The Kier molecular flexibility index (Phi) is 4.61. The highest BCUT2D eigenvalue weighted by Gasteiger charge is 2.33. The van der Waals surface area contributed by atoms with E-state index < -0.39 is 0 Å². The number of hydrogen-bond acceptors (Lipinski definition) is 5. The second-order valence-electron chi connectivity index (χ2n) is 7.08. The van der Waals surface area contributed by atoms with Crippen LogP contribution in [-0.4, -0.2) is 36.1 Å². The summed E-state index contributed by atoms with van der Waals surface area (Å²) in [5.74, 6) is -0.181. The molecule has 3 amide bonds. The lowest BCUT2D eigenvalue weighted by atomic mass is 10.1. The van der Waals surface area contributed by atoms with Crippen LogP contribution in [0.1, 0.15) is 22.5 Å². The van der Waals surface area contributed by atoms with Crippen molar-refractivity contribution in [2.24, 2.45) is 0 Å². The smallest absolute Gasteiger partial charge is 0.331 e. The van der Waals surface area contributed by atoms with E-state index in [0.29, 0.717) is 31.8 Å². The van der Waals surface area contributed by atoms with Crippen molar-refractivity contribution < 1.29 is 9.59 Å². The number of rotatable bonds is 3. The highest BCUT2D eigenvalue weighted by atomic mass is 35.5. The van der Waals surface area contributed by atoms with Gasteiger partial charge in [0.05, 0.1) is 22.4 Å². The fourth-order valence-electron chi connectivity index (χ4n) is 3.84. The molecule has 1 atom stereocenters. The molecular formula is C20H18ClN5O2S. The molecule has 0 spiro atoms. The Labute approximate surface area is 176 Å². The molecule has 0 aliphatic carbocycles. The van der Waals surface area contributed by atoms with Crippen LogP contribution in [0, 0.1) is 0 Å². The number of pyridine rings is 1. The summed E-state index contributed by atoms with van der Waals surface area (Å²) in [6.07, 6.45) is 3.62. The number of halogens is 1. The van der Waals surface area contributed by atoms with Gasteiger partial charge in [0.25, 0.3) is 5.91 Å². The van der Waals surface area contributed by atoms with Gasteiger partial charge < -0.3 is 16.0 Å². The second-order valence-corrected chi connectivity index (χ2v) is 8.51. The molecule has 3 aromatic rings. The molecule has 29 heavy (non-hydrogen) atoms. The van der Waals surface area contributed by atoms with Gasteiger partial charge in [-0.15, -0.1) is 11.3 Å². The van der Waals surface area contributed by atoms with Crippen LogP contribution in [-0.2, 0) is 0 Å². The Morgan fingerprint density at radius 3 is 3.03 bits per heavy atom. The Bertz CT molecular complexity index is 1130. The molecule has 1 unspecified atom stereocenters. The van der Waals surface area contributed by atoms with Gasteiger partial charge in [0, 0.05) is 23.8 Å². The van der Waals surface area contributed by atoms with Crippen LogP contribution in [0.4, 0.5) is 21.9 Å². The number of carbonyl (C=O) groups is 2. The minimum Gasteiger partial charge on any atom is -0.347 e. The predicted molar refractivity (Wildman–Crippen MR) is 116 cm³/mol. The maximum Gasteiger partial charge on any atom is 0.331 e. The number of carbonyl (C=O) groups excluding carboxylic acids is 2. The Hall–Kier alpha value is -2.68. The van der Waals surface area contributed by atoms with Gasteiger partial charge in [0.2, 0.25) is 0 Å². The van der Waals surface area contributed by atoms with Crippen molar-refractivity contribution in [1.82, 2.24) is 15.6 Å². The number of nitrogens with zero attached hydrogens (tertiary/aromatic N) is 2. The molecule has 0 bridgehead atoms. The zero-order valence-corrected chi connectivity index (χ0v) is 16.9. The van der Waals surface area contributed by atoms with Crippen LogP contribution in [0.3, 0.4) is 0 Å². The lowest BCUT2D eigenvalue weighted by Gasteiger charge is -2.28. The summed E-state index contributed by atoms with van der Waals surface area (Å²) in [5.41, 5.74) is 1.86. The normalized spacial score (nSPS) is 18.6. The van der Waals surface area contributed by atoms with Gasteiger partial charge in [-0.2, -0.15) is 0 Å². The van der Waals surface area contributed by atoms with Crippen molar-refractivity contribution >= 4 is 62.2 Å². The summed E-state index contributed by atoms with van der Waals surface area (Å²) in [4.78, 5) is 33.1.